The van der Waals surface area contributed by atoms with Gasteiger partial charge in [-0.25, -0.2) is 0 Å². The Morgan fingerprint density at radius 2 is 1.64 bits per heavy atom. The van der Waals surface area contributed by atoms with Crippen LogP contribution in [0.2, 0.25) is 5.02 Å². The molecule has 0 spiro atoms. The smallest absolute Gasteiger partial charge is 0.269 e. The van der Waals surface area contributed by atoms with Gasteiger partial charge in [0.1, 0.15) is 5.03 Å². The molecule has 0 unspecified atom stereocenters. The van der Waals surface area contributed by atoms with E-state index in [-0.39, 0.29) is 9.40 Å². The molecule has 0 aliphatic carbocycles. The first-order valence-electron chi connectivity index (χ1n) is 6.36. The fraction of sp³-hybridized carbons (Fsp3) is 0.0625. The molecular formula is C16H12Cl3NOS. The molecular weight excluding hydrogens is 361 g/mol. The molecule has 1 N–H and O–H groups in total. The molecule has 114 valence electrons. The van der Waals surface area contributed by atoms with Crippen LogP contribution in [-0.2, 0) is 10.5 Å². The molecule has 0 bridgehead atoms. The molecule has 0 aromatic heterocycles. The first kappa shape index (κ1) is 17.2. The monoisotopic (exact) mass is 371 g/mol. The predicted molar refractivity (Wildman–Crippen MR) is 96.6 cm³/mol. The van der Waals surface area contributed by atoms with Crippen molar-refractivity contribution in [1.82, 2.24) is 0 Å². The first-order chi connectivity index (χ1) is 10.6. The third kappa shape index (κ3) is 4.96. The average molecular weight is 373 g/mol. The lowest BCUT2D eigenvalue weighted by atomic mass is 10.2. The number of amides is 1. The van der Waals surface area contributed by atoms with E-state index >= 15 is 0 Å². The Labute approximate surface area is 148 Å². The highest BCUT2D eigenvalue weighted by atomic mass is 35.5. The van der Waals surface area contributed by atoms with Crippen molar-refractivity contribution in [2.75, 3.05) is 5.32 Å². The molecule has 0 radical (unpaired) electrons. The lowest BCUT2D eigenvalue weighted by Crippen LogP contribution is -2.12. The van der Waals surface area contributed by atoms with Crippen molar-refractivity contribution in [2.45, 2.75) is 5.75 Å². The van der Waals surface area contributed by atoms with E-state index in [1.165, 1.54) is 11.8 Å². The van der Waals surface area contributed by atoms with Gasteiger partial charge in [-0.2, -0.15) is 0 Å². The maximum Gasteiger partial charge on any atom is 0.269 e. The molecule has 1 amide bonds. The van der Waals surface area contributed by atoms with E-state index in [9.17, 15) is 4.79 Å². The highest BCUT2D eigenvalue weighted by molar-refractivity contribution is 8.03. The van der Waals surface area contributed by atoms with E-state index in [1.54, 1.807) is 24.3 Å². The molecule has 6 heteroatoms. The van der Waals surface area contributed by atoms with Crippen molar-refractivity contribution in [2.24, 2.45) is 0 Å². The van der Waals surface area contributed by atoms with Crippen LogP contribution in [0.25, 0.3) is 0 Å². The van der Waals surface area contributed by atoms with Gasteiger partial charge in [0.25, 0.3) is 5.91 Å². The Bertz CT molecular complexity index is 689. The highest BCUT2D eigenvalue weighted by Crippen LogP contribution is 2.30. The van der Waals surface area contributed by atoms with Crippen LogP contribution >= 0.6 is 46.6 Å². The summed E-state index contributed by atoms with van der Waals surface area (Å²) in [4.78, 5) is 12.1. The van der Waals surface area contributed by atoms with Gasteiger partial charge in [0.05, 0.1) is 15.1 Å². The molecule has 0 aliphatic heterocycles. The minimum absolute atomic E-state index is 0.0532. The van der Waals surface area contributed by atoms with Gasteiger partial charge in [0.15, 0.2) is 0 Å². The number of carbonyl (C=O) groups is 1. The summed E-state index contributed by atoms with van der Waals surface area (Å²) in [6.07, 6.45) is 0. The first-order valence-corrected chi connectivity index (χ1v) is 8.47. The zero-order valence-electron chi connectivity index (χ0n) is 11.4. The van der Waals surface area contributed by atoms with Crippen LogP contribution in [0.4, 0.5) is 5.69 Å². The number of para-hydroxylation sites is 1. The zero-order valence-corrected chi connectivity index (χ0v) is 14.4. The minimum Gasteiger partial charge on any atom is -0.320 e. The molecule has 0 atom stereocenters. The van der Waals surface area contributed by atoms with Gasteiger partial charge in [-0.1, -0.05) is 77.3 Å². The van der Waals surface area contributed by atoms with E-state index in [0.29, 0.717) is 16.5 Å². The Hall–Kier alpha value is -1.13. The maximum atomic E-state index is 12.1. The van der Waals surface area contributed by atoms with Crippen LogP contribution in [0.1, 0.15) is 5.56 Å². The number of anilines is 1. The second kappa shape index (κ2) is 8.49. The quantitative estimate of drug-likeness (QED) is 0.666. The van der Waals surface area contributed by atoms with Gasteiger partial charge in [-0.05, 0) is 17.7 Å². The minimum atomic E-state index is -0.486. The molecule has 2 aromatic carbocycles. The Morgan fingerprint density at radius 3 is 2.32 bits per heavy atom. The molecule has 2 nitrogen and oxygen atoms in total. The topological polar surface area (TPSA) is 29.1 Å². The zero-order chi connectivity index (χ0) is 15.9. The number of thioether (sulfide) groups is 1. The van der Waals surface area contributed by atoms with Crippen LogP contribution in [0.5, 0.6) is 0 Å². The van der Waals surface area contributed by atoms with Crippen LogP contribution in [-0.4, -0.2) is 5.91 Å². The second-order valence-electron chi connectivity index (χ2n) is 4.30. The number of hydrogen-bond donors (Lipinski definition) is 1. The molecule has 0 heterocycles. The summed E-state index contributed by atoms with van der Waals surface area (Å²) in [7, 11) is 0. The average Bonchev–Trinajstić information content (AvgIpc) is 2.55. The van der Waals surface area contributed by atoms with E-state index in [4.69, 9.17) is 34.8 Å². The number of carbonyl (C=O) groups excluding carboxylic acids is 1. The van der Waals surface area contributed by atoms with Crippen molar-refractivity contribution < 1.29 is 4.79 Å². The van der Waals surface area contributed by atoms with Crippen molar-refractivity contribution in [3.05, 3.63) is 74.6 Å². The predicted octanol–water partition coefficient (Wildman–Crippen LogP) is 5.86. The molecule has 0 saturated heterocycles. The summed E-state index contributed by atoms with van der Waals surface area (Å²) in [6.45, 7) is 0. The summed E-state index contributed by atoms with van der Waals surface area (Å²) in [6, 6.07) is 16.7. The molecule has 0 aliphatic rings. The second-order valence-corrected chi connectivity index (χ2v) is 6.67. The van der Waals surface area contributed by atoms with Gasteiger partial charge in [-0.3, -0.25) is 4.79 Å². The molecule has 22 heavy (non-hydrogen) atoms. The highest BCUT2D eigenvalue weighted by Gasteiger charge is 2.14. The van der Waals surface area contributed by atoms with Crippen LogP contribution in [0, 0.1) is 0 Å². The van der Waals surface area contributed by atoms with E-state index in [2.05, 4.69) is 5.32 Å². The van der Waals surface area contributed by atoms with Crippen molar-refractivity contribution in [3.8, 4) is 0 Å². The van der Waals surface area contributed by atoms with Crippen molar-refractivity contribution in [3.63, 3.8) is 0 Å². The fourth-order valence-corrected chi connectivity index (χ4v) is 2.96. The number of hydrogen-bond acceptors (Lipinski definition) is 2. The van der Waals surface area contributed by atoms with E-state index < -0.39 is 5.91 Å². The Morgan fingerprint density at radius 1 is 1.00 bits per heavy atom. The summed E-state index contributed by atoms with van der Waals surface area (Å²) in [5.74, 6) is 0.148. The maximum absolute atomic E-state index is 12.1. The number of benzene rings is 2. The summed E-state index contributed by atoms with van der Waals surface area (Å²) in [5.41, 5.74) is 1.59. The van der Waals surface area contributed by atoms with Crippen LogP contribution < -0.4 is 5.32 Å². The van der Waals surface area contributed by atoms with E-state index in [0.717, 1.165) is 5.56 Å². The number of rotatable bonds is 5. The van der Waals surface area contributed by atoms with Gasteiger partial charge in [0, 0.05) is 5.75 Å². The van der Waals surface area contributed by atoms with Gasteiger partial charge < -0.3 is 5.32 Å². The third-order valence-electron chi connectivity index (χ3n) is 2.70. The fourth-order valence-electron chi connectivity index (χ4n) is 1.61. The molecule has 0 saturated carbocycles. The normalized spacial score (nSPS) is 11.8. The largest absolute Gasteiger partial charge is 0.320 e. The lowest BCUT2D eigenvalue weighted by molar-refractivity contribution is -0.112. The van der Waals surface area contributed by atoms with Gasteiger partial charge in [-0.15, -0.1) is 11.8 Å². The van der Waals surface area contributed by atoms with Crippen molar-refractivity contribution in [1.29, 1.82) is 0 Å². The Balaban J connectivity index is 2.00. The van der Waals surface area contributed by atoms with Gasteiger partial charge in [0.2, 0.25) is 0 Å². The SMILES string of the molecule is O=C(Nc1ccccc1Cl)C(Cl)=C(Cl)SCc1ccccc1. The van der Waals surface area contributed by atoms with Crippen LogP contribution in [0.3, 0.4) is 0 Å². The standard InChI is InChI=1S/C16H12Cl3NOS/c17-12-8-4-5-9-13(12)20-16(21)14(18)15(19)22-10-11-6-2-1-3-7-11/h1-9H,10H2,(H,20,21). The van der Waals surface area contributed by atoms with Gasteiger partial charge >= 0.3 is 0 Å². The molecule has 0 fully saturated rings. The van der Waals surface area contributed by atoms with E-state index in [1.807, 2.05) is 30.3 Å². The number of halogens is 3. The van der Waals surface area contributed by atoms with Crippen LogP contribution in [0.15, 0.2) is 64.0 Å². The summed E-state index contributed by atoms with van der Waals surface area (Å²) < 4.78 is 0.245. The molecule has 2 aromatic rings. The van der Waals surface area contributed by atoms with Crippen molar-refractivity contribution >= 4 is 58.2 Å². The summed E-state index contributed by atoms with van der Waals surface area (Å²) in [5, 5.41) is 3.02. The Kier molecular flexibility index (Phi) is 6.65. The lowest BCUT2D eigenvalue weighted by Gasteiger charge is -2.07. The number of nitrogens with one attached hydrogen (secondary N) is 1. The molecule has 2 rings (SSSR count). The summed E-state index contributed by atoms with van der Waals surface area (Å²) >= 11 is 19.4. The third-order valence-corrected chi connectivity index (χ3v) is 5.05.